The molecule has 0 aliphatic carbocycles. The van der Waals surface area contributed by atoms with Crippen molar-refractivity contribution < 1.29 is 18.8 Å². The first-order chi connectivity index (χ1) is 12.6. The number of imide groups is 1. The van der Waals surface area contributed by atoms with Gasteiger partial charge in [0.25, 0.3) is 5.91 Å². The lowest BCUT2D eigenvalue weighted by molar-refractivity contribution is -0.122. The zero-order chi connectivity index (χ0) is 19.8. The Morgan fingerprint density at radius 2 is 1.96 bits per heavy atom. The number of halogens is 1. The van der Waals surface area contributed by atoms with Crippen LogP contribution in [0.1, 0.15) is 32.9 Å². The molecule has 3 rings (SSSR count). The SMILES string of the molecule is CC(C)(C)c1csc(NC(=O)CC2NC(=O)N(c3ccc(F)cc3)C2=O)n1. The number of hydrogen-bond donors (Lipinski definition) is 2. The topological polar surface area (TPSA) is 91.4 Å². The van der Waals surface area contributed by atoms with Crippen molar-refractivity contribution in [1.29, 1.82) is 0 Å². The van der Waals surface area contributed by atoms with E-state index in [1.54, 1.807) is 0 Å². The van der Waals surface area contributed by atoms with E-state index >= 15 is 0 Å². The minimum absolute atomic E-state index is 0.134. The van der Waals surface area contributed by atoms with Crippen LogP contribution in [0.5, 0.6) is 0 Å². The first-order valence-corrected chi connectivity index (χ1v) is 9.19. The van der Waals surface area contributed by atoms with Crippen LogP contribution >= 0.6 is 11.3 Å². The molecule has 0 radical (unpaired) electrons. The lowest BCUT2D eigenvalue weighted by Gasteiger charge is -2.14. The second-order valence-electron chi connectivity index (χ2n) is 7.19. The molecule has 1 fully saturated rings. The third-order valence-corrected chi connectivity index (χ3v) is 4.77. The molecule has 1 aliphatic rings. The maximum Gasteiger partial charge on any atom is 0.329 e. The molecular formula is C18H19FN4O3S. The molecule has 1 aliphatic heterocycles. The predicted molar refractivity (Wildman–Crippen MR) is 100 cm³/mol. The summed E-state index contributed by atoms with van der Waals surface area (Å²) in [5.41, 5.74) is 0.969. The summed E-state index contributed by atoms with van der Waals surface area (Å²) >= 11 is 1.30. The highest BCUT2D eigenvalue weighted by atomic mass is 32.1. The van der Waals surface area contributed by atoms with Crippen LogP contribution in [0.2, 0.25) is 0 Å². The van der Waals surface area contributed by atoms with E-state index in [-0.39, 0.29) is 17.5 Å². The third kappa shape index (κ3) is 4.13. The number of thiazole rings is 1. The van der Waals surface area contributed by atoms with Gasteiger partial charge in [0.05, 0.1) is 17.8 Å². The lowest BCUT2D eigenvalue weighted by atomic mass is 9.93. The van der Waals surface area contributed by atoms with Crippen molar-refractivity contribution in [2.75, 3.05) is 10.2 Å². The van der Waals surface area contributed by atoms with Crippen LogP contribution in [0.25, 0.3) is 0 Å². The fraction of sp³-hybridized carbons (Fsp3) is 0.333. The van der Waals surface area contributed by atoms with Crippen LogP contribution in [0.15, 0.2) is 29.6 Å². The molecule has 7 nitrogen and oxygen atoms in total. The van der Waals surface area contributed by atoms with Gasteiger partial charge in [-0.05, 0) is 24.3 Å². The van der Waals surface area contributed by atoms with Gasteiger partial charge in [0.15, 0.2) is 5.13 Å². The van der Waals surface area contributed by atoms with E-state index in [4.69, 9.17) is 0 Å². The summed E-state index contributed by atoms with van der Waals surface area (Å²) in [7, 11) is 0. The highest BCUT2D eigenvalue weighted by Gasteiger charge is 2.40. The summed E-state index contributed by atoms with van der Waals surface area (Å²) in [6.07, 6.45) is -0.216. The number of urea groups is 1. The molecule has 4 amide bonds. The number of hydrogen-bond acceptors (Lipinski definition) is 5. The second kappa shape index (κ2) is 7.07. The van der Waals surface area contributed by atoms with E-state index < -0.39 is 29.7 Å². The van der Waals surface area contributed by atoms with Crippen molar-refractivity contribution >= 4 is 40.0 Å². The number of nitrogens with zero attached hydrogens (tertiary/aromatic N) is 2. The lowest BCUT2D eigenvalue weighted by Crippen LogP contribution is -2.34. The minimum Gasteiger partial charge on any atom is -0.325 e. The van der Waals surface area contributed by atoms with Crippen molar-refractivity contribution in [3.63, 3.8) is 0 Å². The Kier molecular flexibility index (Phi) is 4.97. The number of nitrogens with one attached hydrogen (secondary N) is 2. The van der Waals surface area contributed by atoms with Gasteiger partial charge in [0.1, 0.15) is 11.9 Å². The molecule has 2 N–H and O–H groups in total. The molecule has 0 saturated carbocycles. The van der Waals surface area contributed by atoms with Crippen LogP contribution in [0, 0.1) is 5.82 Å². The summed E-state index contributed by atoms with van der Waals surface area (Å²) < 4.78 is 13.0. The maximum absolute atomic E-state index is 13.0. The highest BCUT2D eigenvalue weighted by Crippen LogP contribution is 2.27. The zero-order valence-electron chi connectivity index (χ0n) is 15.1. The van der Waals surface area contributed by atoms with Crippen molar-refractivity contribution in [3.05, 3.63) is 41.2 Å². The van der Waals surface area contributed by atoms with Crippen molar-refractivity contribution in [2.45, 2.75) is 38.6 Å². The molecule has 2 heterocycles. The van der Waals surface area contributed by atoms with Crippen LogP contribution in [0.4, 0.5) is 20.0 Å². The number of carbonyl (C=O) groups is 3. The Morgan fingerprint density at radius 3 is 2.56 bits per heavy atom. The Labute approximate surface area is 159 Å². The third-order valence-electron chi connectivity index (χ3n) is 4.01. The Hall–Kier alpha value is -2.81. The van der Waals surface area contributed by atoms with E-state index in [0.29, 0.717) is 5.13 Å². The number of carbonyl (C=O) groups excluding carboxylic acids is 3. The fourth-order valence-electron chi connectivity index (χ4n) is 2.54. The molecule has 1 atom stereocenters. The van der Waals surface area contributed by atoms with E-state index in [2.05, 4.69) is 15.6 Å². The normalized spacial score (nSPS) is 17.2. The Bertz CT molecular complexity index is 889. The number of aromatic nitrogens is 1. The molecule has 1 unspecified atom stereocenters. The smallest absolute Gasteiger partial charge is 0.325 e. The van der Waals surface area contributed by atoms with Gasteiger partial charge in [-0.1, -0.05) is 20.8 Å². The van der Waals surface area contributed by atoms with E-state index in [1.165, 1.54) is 23.5 Å². The molecule has 27 heavy (non-hydrogen) atoms. The molecule has 1 aromatic heterocycles. The van der Waals surface area contributed by atoms with Gasteiger partial charge in [-0.25, -0.2) is 19.1 Å². The number of anilines is 2. The standard InChI is InChI=1S/C18H19FN4O3S/c1-18(2,3)13-9-27-16(21-13)22-14(24)8-12-15(25)23(17(26)20-12)11-6-4-10(19)5-7-11/h4-7,9,12H,8H2,1-3H3,(H,20,26)(H,21,22,24). The molecular weight excluding hydrogens is 371 g/mol. The van der Waals surface area contributed by atoms with Gasteiger partial charge in [-0.3, -0.25) is 9.59 Å². The summed E-state index contributed by atoms with van der Waals surface area (Å²) in [6, 6.07) is 3.35. The monoisotopic (exact) mass is 390 g/mol. The van der Waals surface area contributed by atoms with E-state index in [9.17, 15) is 18.8 Å². The maximum atomic E-state index is 13.0. The average Bonchev–Trinajstić information content (AvgIpc) is 3.14. The van der Waals surface area contributed by atoms with Gasteiger partial charge in [0.2, 0.25) is 5.91 Å². The largest absolute Gasteiger partial charge is 0.329 e. The van der Waals surface area contributed by atoms with Gasteiger partial charge in [-0.2, -0.15) is 0 Å². The van der Waals surface area contributed by atoms with Gasteiger partial charge in [-0.15, -0.1) is 11.3 Å². The van der Waals surface area contributed by atoms with Crippen molar-refractivity contribution in [2.24, 2.45) is 0 Å². The Balaban J connectivity index is 1.65. The van der Waals surface area contributed by atoms with Crippen molar-refractivity contribution in [3.8, 4) is 0 Å². The Morgan fingerprint density at radius 1 is 1.30 bits per heavy atom. The molecule has 0 bridgehead atoms. The number of benzene rings is 1. The van der Waals surface area contributed by atoms with Crippen molar-refractivity contribution in [1.82, 2.24) is 10.3 Å². The predicted octanol–water partition coefficient (Wildman–Crippen LogP) is 3.03. The van der Waals surface area contributed by atoms with Crippen LogP contribution in [-0.2, 0) is 15.0 Å². The fourth-order valence-corrected chi connectivity index (χ4v) is 3.49. The summed E-state index contributed by atoms with van der Waals surface area (Å²) in [6.45, 7) is 6.05. The second-order valence-corrected chi connectivity index (χ2v) is 8.05. The summed E-state index contributed by atoms with van der Waals surface area (Å²) in [4.78, 5) is 42.1. The number of rotatable bonds is 4. The van der Waals surface area contributed by atoms with Gasteiger partial charge in [0, 0.05) is 10.8 Å². The van der Waals surface area contributed by atoms with Gasteiger partial charge < -0.3 is 10.6 Å². The summed E-state index contributed by atoms with van der Waals surface area (Å²) in [5, 5.41) is 7.45. The van der Waals surface area contributed by atoms with Crippen LogP contribution < -0.4 is 15.5 Å². The number of amides is 4. The van der Waals surface area contributed by atoms with Crippen LogP contribution in [-0.4, -0.2) is 28.9 Å². The minimum atomic E-state index is -0.982. The zero-order valence-corrected chi connectivity index (χ0v) is 15.9. The highest BCUT2D eigenvalue weighted by molar-refractivity contribution is 7.13. The van der Waals surface area contributed by atoms with E-state index in [1.807, 2.05) is 26.2 Å². The average molecular weight is 390 g/mol. The molecule has 2 aromatic rings. The van der Waals surface area contributed by atoms with Gasteiger partial charge >= 0.3 is 6.03 Å². The quantitative estimate of drug-likeness (QED) is 0.785. The molecule has 9 heteroatoms. The van der Waals surface area contributed by atoms with E-state index in [0.717, 1.165) is 22.7 Å². The van der Waals surface area contributed by atoms with Crippen LogP contribution in [0.3, 0.4) is 0 Å². The molecule has 1 aromatic carbocycles. The molecule has 0 spiro atoms. The first-order valence-electron chi connectivity index (χ1n) is 8.31. The summed E-state index contributed by atoms with van der Waals surface area (Å²) in [5.74, 6) is -1.46. The first kappa shape index (κ1) is 19.0. The molecule has 142 valence electrons. The molecule has 1 saturated heterocycles.